The topological polar surface area (TPSA) is 50.4 Å². The quantitative estimate of drug-likeness (QED) is 0.850. The third-order valence-electron chi connectivity index (χ3n) is 3.94. The smallest absolute Gasteiger partial charge is 0.251 e. The van der Waals surface area contributed by atoms with Crippen molar-refractivity contribution in [3.63, 3.8) is 0 Å². The molecule has 1 aromatic heterocycles. The molecule has 1 saturated heterocycles. The molecule has 0 saturated carbocycles. The average Bonchev–Trinajstić information content (AvgIpc) is 3.12. The molecule has 0 spiro atoms. The highest BCUT2D eigenvalue weighted by Crippen LogP contribution is 2.15. The normalized spacial score (nSPS) is 17.7. The summed E-state index contributed by atoms with van der Waals surface area (Å²) in [5, 5.41) is 8.39. The fraction of sp³-hybridized carbons (Fsp3) is 0.389. The van der Waals surface area contributed by atoms with Gasteiger partial charge in [0.05, 0.1) is 6.10 Å². The largest absolute Gasteiger partial charge is 0.380 e. The predicted molar refractivity (Wildman–Crippen MR) is 94.0 cm³/mol. The number of hydrogen-bond donors (Lipinski definition) is 2. The van der Waals surface area contributed by atoms with E-state index in [1.807, 2.05) is 30.3 Å². The molecule has 122 valence electrons. The summed E-state index contributed by atoms with van der Waals surface area (Å²) in [6.07, 6.45) is 3.50. The lowest BCUT2D eigenvalue weighted by Crippen LogP contribution is -2.35. The van der Waals surface area contributed by atoms with Crippen LogP contribution in [0.3, 0.4) is 0 Å². The van der Waals surface area contributed by atoms with Gasteiger partial charge in [0.15, 0.2) is 0 Å². The zero-order valence-corrected chi connectivity index (χ0v) is 13.9. The molecule has 3 rings (SSSR count). The lowest BCUT2D eigenvalue weighted by molar-refractivity contribution is 0.0169. The van der Waals surface area contributed by atoms with Gasteiger partial charge in [-0.05, 0) is 48.9 Å². The third kappa shape index (κ3) is 4.81. The van der Waals surface area contributed by atoms with Crippen molar-refractivity contribution in [2.45, 2.75) is 31.9 Å². The molecule has 0 radical (unpaired) electrons. The molecule has 1 amide bonds. The number of amides is 1. The van der Waals surface area contributed by atoms with Crippen molar-refractivity contribution < 1.29 is 9.53 Å². The first-order valence-electron chi connectivity index (χ1n) is 8.07. The van der Waals surface area contributed by atoms with Gasteiger partial charge < -0.3 is 15.4 Å². The van der Waals surface area contributed by atoms with E-state index in [0.717, 1.165) is 31.7 Å². The second kappa shape index (κ2) is 8.13. The molecule has 2 heterocycles. The molecule has 1 aliphatic rings. The molecule has 1 aromatic carbocycles. The first kappa shape index (κ1) is 16.0. The molecule has 5 heteroatoms. The van der Waals surface area contributed by atoms with E-state index in [1.165, 1.54) is 11.3 Å². The summed E-state index contributed by atoms with van der Waals surface area (Å²) in [6.45, 7) is 2.17. The second-order valence-corrected chi connectivity index (χ2v) is 6.74. The van der Waals surface area contributed by atoms with Crippen molar-refractivity contribution in [1.82, 2.24) is 5.32 Å². The summed E-state index contributed by atoms with van der Waals surface area (Å²) >= 11 is 1.72. The summed E-state index contributed by atoms with van der Waals surface area (Å²) in [5.74, 6) is -0.0426. The standard InChI is InChI=1S/C18H22N2O2S/c21-18(20-12-16-7-1-2-9-22-16)14-5-3-6-15(11-14)19-13-17-8-4-10-23-17/h3-6,8,10-11,16,19H,1-2,7,9,12-13H2,(H,20,21)/t16-/m0/s1. The molecule has 23 heavy (non-hydrogen) atoms. The molecule has 1 aliphatic heterocycles. The molecule has 1 fully saturated rings. The summed E-state index contributed by atoms with van der Waals surface area (Å²) in [6, 6.07) is 11.8. The molecular formula is C18H22N2O2S. The van der Waals surface area contributed by atoms with Crippen LogP contribution < -0.4 is 10.6 Å². The summed E-state index contributed by atoms with van der Waals surface area (Å²) in [5.41, 5.74) is 1.64. The predicted octanol–water partition coefficient (Wildman–Crippen LogP) is 3.66. The maximum absolute atomic E-state index is 12.3. The minimum Gasteiger partial charge on any atom is -0.380 e. The molecule has 4 nitrogen and oxygen atoms in total. The zero-order valence-electron chi connectivity index (χ0n) is 13.1. The van der Waals surface area contributed by atoms with Crippen LogP contribution in [0, 0.1) is 0 Å². The van der Waals surface area contributed by atoms with E-state index in [9.17, 15) is 4.79 Å². The highest BCUT2D eigenvalue weighted by atomic mass is 32.1. The Kier molecular flexibility index (Phi) is 5.66. The second-order valence-electron chi connectivity index (χ2n) is 5.71. The molecule has 0 bridgehead atoms. The SMILES string of the molecule is O=C(NC[C@@H]1CCCCO1)c1cccc(NCc2cccs2)c1. The Labute approximate surface area is 140 Å². The van der Waals surface area contributed by atoms with Crippen molar-refractivity contribution in [2.75, 3.05) is 18.5 Å². The van der Waals surface area contributed by atoms with E-state index < -0.39 is 0 Å². The summed E-state index contributed by atoms with van der Waals surface area (Å²) in [4.78, 5) is 13.6. The van der Waals surface area contributed by atoms with Crippen LogP contribution in [0.5, 0.6) is 0 Å². The van der Waals surface area contributed by atoms with Crippen molar-refractivity contribution >= 4 is 22.9 Å². The van der Waals surface area contributed by atoms with Crippen LogP contribution in [-0.4, -0.2) is 25.2 Å². The van der Waals surface area contributed by atoms with Crippen LogP contribution >= 0.6 is 11.3 Å². The lowest BCUT2D eigenvalue weighted by atomic mass is 10.1. The van der Waals surface area contributed by atoms with Crippen molar-refractivity contribution in [3.8, 4) is 0 Å². The van der Waals surface area contributed by atoms with Gasteiger partial charge >= 0.3 is 0 Å². The Balaban J connectivity index is 1.52. The minimum absolute atomic E-state index is 0.0426. The Morgan fingerprint density at radius 1 is 1.26 bits per heavy atom. The van der Waals surface area contributed by atoms with Crippen molar-refractivity contribution in [1.29, 1.82) is 0 Å². The molecular weight excluding hydrogens is 308 g/mol. The van der Waals surface area contributed by atoms with Crippen LogP contribution in [-0.2, 0) is 11.3 Å². The van der Waals surface area contributed by atoms with Crippen LogP contribution in [0.1, 0.15) is 34.5 Å². The van der Waals surface area contributed by atoms with Gasteiger partial charge in [0.2, 0.25) is 0 Å². The van der Waals surface area contributed by atoms with Gasteiger partial charge in [-0.1, -0.05) is 12.1 Å². The first-order chi connectivity index (χ1) is 11.3. The van der Waals surface area contributed by atoms with Gasteiger partial charge in [-0.3, -0.25) is 4.79 Å². The fourth-order valence-corrected chi connectivity index (χ4v) is 3.29. The maximum Gasteiger partial charge on any atom is 0.251 e. The van der Waals surface area contributed by atoms with Crippen LogP contribution in [0.25, 0.3) is 0 Å². The van der Waals surface area contributed by atoms with E-state index in [1.54, 1.807) is 11.3 Å². The molecule has 1 atom stereocenters. The van der Waals surface area contributed by atoms with Crippen molar-refractivity contribution in [2.24, 2.45) is 0 Å². The van der Waals surface area contributed by atoms with E-state index in [4.69, 9.17) is 4.74 Å². The Hall–Kier alpha value is -1.85. The summed E-state index contributed by atoms with van der Waals surface area (Å²) < 4.78 is 5.64. The van der Waals surface area contributed by atoms with E-state index in [-0.39, 0.29) is 12.0 Å². The summed E-state index contributed by atoms with van der Waals surface area (Å²) in [7, 11) is 0. The molecule has 2 aromatic rings. The molecule has 0 unspecified atom stereocenters. The first-order valence-corrected chi connectivity index (χ1v) is 8.95. The Bertz CT molecular complexity index is 622. The van der Waals surface area contributed by atoms with E-state index >= 15 is 0 Å². The average molecular weight is 330 g/mol. The number of nitrogens with one attached hydrogen (secondary N) is 2. The third-order valence-corrected chi connectivity index (χ3v) is 4.81. The highest BCUT2D eigenvalue weighted by molar-refractivity contribution is 7.09. The van der Waals surface area contributed by atoms with Crippen LogP contribution in [0.4, 0.5) is 5.69 Å². The lowest BCUT2D eigenvalue weighted by Gasteiger charge is -2.22. The van der Waals surface area contributed by atoms with Gasteiger partial charge in [-0.25, -0.2) is 0 Å². The van der Waals surface area contributed by atoms with Gasteiger partial charge in [-0.2, -0.15) is 0 Å². The van der Waals surface area contributed by atoms with E-state index in [2.05, 4.69) is 22.1 Å². The maximum atomic E-state index is 12.3. The number of benzene rings is 1. The van der Waals surface area contributed by atoms with Gasteiger partial charge in [0.25, 0.3) is 5.91 Å². The van der Waals surface area contributed by atoms with Crippen molar-refractivity contribution in [3.05, 3.63) is 52.2 Å². The van der Waals surface area contributed by atoms with Crippen LogP contribution in [0.15, 0.2) is 41.8 Å². The highest BCUT2D eigenvalue weighted by Gasteiger charge is 2.15. The van der Waals surface area contributed by atoms with Gasteiger partial charge in [0.1, 0.15) is 0 Å². The van der Waals surface area contributed by atoms with Crippen LogP contribution in [0.2, 0.25) is 0 Å². The number of carbonyl (C=O) groups is 1. The monoisotopic (exact) mass is 330 g/mol. The number of carbonyl (C=O) groups excluding carboxylic acids is 1. The molecule has 2 N–H and O–H groups in total. The Morgan fingerprint density at radius 3 is 3.00 bits per heavy atom. The fourth-order valence-electron chi connectivity index (χ4n) is 2.65. The minimum atomic E-state index is -0.0426. The van der Waals surface area contributed by atoms with Gasteiger partial charge in [0, 0.05) is 35.8 Å². The number of hydrogen-bond acceptors (Lipinski definition) is 4. The Morgan fingerprint density at radius 2 is 2.22 bits per heavy atom. The zero-order chi connectivity index (χ0) is 15.9. The van der Waals surface area contributed by atoms with E-state index in [0.29, 0.717) is 12.1 Å². The number of anilines is 1. The van der Waals surface area contributed by atoms with Gasteiger partial charge in [-0.15, -0.1) is 11.3 Å². The number of thiophene rings is 1. The number of ether oxygens (including phenoxy) is 1. The molecule has 0 aliphatic carbocycles. The number of rotatable bonds is 6.